The highest BCUT2D eigenvalue weighted by Crippen LogP contribution is 2.40. The minimum absolute atomic E-state index is 0.378. The first-order valence-electron chi connectivity index (χ1n) is 7.38. The lowest BCUT2D eigenvalue weighted by atomic mass is 9.74. The van der Waals surface area contributed by atoms with Crippen LogP contribution in [0.25, 0.3) is 0 Å². The summed E-state index contributed by atoms with van der Waals surface area (Å²) in [7, 11) is 0. The lowest BCUT2D eigenvalue weighted by molar-refractivity contribution is -0.123. The molecule has 1 nitrogen and oxygen atoms in total. The number of ketones is 1. The zero-order valence-corrected chi connectivity index (χ0v) is 11.2. The van der Waals surface area contributed by atoms with Gasteiger partial charge >= 0.3 is 0 Å². The highest BCUT2D eigenvalue weighted by molar-refractivity contribution is 5.82. The fourth-order valence-electron chi connectivity index (χ4n) is 3.69. The Kier molecular flexibility index (Phi) is 3.23. The molecule has 3 unspecified atom stereocenters. The van der Waals surface area contributed by atoms with E-state index in [1.807, 2.05) is 0 Å². The van der Waals surface area contributed by atoms with Crippen LogP contribution in [-0.2, 0) is 11.2 Å². The molecule has 0 N–H and O–H groups in total. The highest BCUT2D eigenvalue weighted by Gasteiger charge is 2.33. The summed E-state index contributed by atoms with van der Waals surface area (Å²) in [4.78, 5) is 12.3. The Labute approximate surface area is 110 Å². The largest absolute Gasteiger partial charge is 0.299 e. The van der Waals surface area contributed by atoms with Gasteiger partial charge in [0.2, 0.25) is 0 Å². The second-order valence-corrected chi connectivity index (χ2v) is 6.05. The first-order chi connectivity index (χ1) is 8.78. The van der Waals surface area contributed by atoms with Crippen LogP contribution in [0.2, 0.25) is 0 Å². The van der Waals surface area contributed by atoms with Crippen molar-refractivity contribution in [3.8, 4) is 0 Å². The van der Waals surface area contributed by atoms with Gasteiger partial charge in [0.15, 0.2) is 0 Å². The van der Waals surface area contributed by atoms with Crippen molar-refractivity contribution >= 4 is 5.78 Å². The predicted molar refractivity (Wildman–Crippen MR) is 73.6 cm³/mol. The third-order valence-electron chi connectivity index (χ3n) is 4.98. The SMILES string of the molecule is CCC1CCC(C(=O)CC2Cc3ccccc32)C1. The first kappa shape index (κ1) is 12.0. The zero-order chi connectivity index (χ0) is 12.5. The molecule has 0 amide bonds. The molecule has 3 atom stereocenters. The quantitative estimate of drug-likeness (QED) is 0.776. The summed E-state index contributed by atoms with van der Waals surface area (Å²) in [6.07, 6.45) is 6.73. The molecule has 1 saturated carbocycles. The number of fused-ring (bicyclic) bond motifs is 1. The van der Waals surface area contributed by atoms with Crippen molar-refractivity contribution in [1.82, 2.24) is 0 Å². The van der Waals surface area contributed by atoms with Gasteiger partial charge in [-0.1, -0.05) is 37.6 Å². The van der Waals surface area contributed by atoms with E-state index in [1.165, 1.54) is 24.0 Å². The van der Waals surface area contributed by atoms with E-state index in [-0.39, 0.29) is 0 Å². The Bertz CT molecular complexity index is 449. The van der Waals surface area contributed by atoms with Crippen molar-refractivity contribution in [2.75, 3.05) is 0 Å². The fourth-order valence-corrected chi connectivity index (χ4v) is 3.69. The number of hydrogen-bond acceptors (Lipinski definition) is 1. The summed E-state index contributed by atoms with van der Waals surface area (Å²) in [6, 6.07) is 8.58. The average Bonchev–Trinajstić information content (AvgIpc) is 2.84. The van der Waals surface area contributed by atoms with Crippen LogP contribution in [0.1, 0.15) is 56.1 Å². The Morgan fingerprint density at radius 2 is 2.11 bits per heavy atom. The summed E-state index contributed by atoms with van der Waals surface area (Å²) in [5, 5.41) is 0. The minimum atomic E-state index is 0.378. The Morgan fingerprint density at radius 1 is 1.28 bits per heavy atom. The van der Waals surface area contributed by atoms with Crippen molar-refractivity contribution in [2.24, 2.45) is 11.8 Å². The predicted octanol–water partition coefficient (Wildman–Crippen LogP) is 4.11. The Balaban J connectivity index is 1.57. The van der Waals surface area contributed by atoms with Gasteiger partial charge in [0.05, 0.1) is 0 Å². The molecule has 3 rings (SSSR count). The topological polar surface area (TPSA) is 17.1 Å². The second-order valence-electron chi connectivity index (χ2n) is 6.05. The fraction of sp³-hybridized carbons (Fsp3) is 0.588. The molecule has 1 aromatic rings. The minimum Gasteiger partial charge on any atom is -0.299 e. The van der Waals surface area contributed by atoms with E-state index in [4.69, 9.17) is 0 Å². The number of carbonyl (C=O) groups is 1. The first-order valence-corrected chi connectivity index (χ1v) is 7.38. The van der Waals surface area contributed by atoms with Crippen LogP contribution < -0.4 is 0 Å². The molecule has 96 valence electrons. The summed E-state index contributed by atoms with van der Waals surface area (Å²) in [5.41, 5.74) is 2.88. The smallest absolute Gasteiger partial charge is 0.136 e. The van der Waals surface area contributed by atoms with Gasteiger partial charge in [-0.3, -0.25) is 4.79 Å². The number of Topliss-reactive ketones (excluding diaryl/α,β-unsaturated/α-hetero) is 1. The van der Waals surface area contributed by atoms with E-state index in [2.05, 4.69) is 31.2 Å². The number of benzene rings is 1. The molecule has 0 aliphatic heterocycles. The van der Waals surface area contributed by atoms with Crippen molar-refractivity contribution in [3.05, 3.63) is 35.4 Å². The molecule has 0 saturated heterocycles. The second kappa shape index (κ2) is 4.87. The lowest BCUT2D eigenvalue weighted by Crippen LogP contribution is -2.23. The summed E-state index contributed by atoms with van der Waals surface area (Å²) >= 11 is 0. The highest BCUT2D eigenvalue weighted by atomic mass is 16.1. The van der Waals surface area contributed by atoms with Crippen molar-refractivity contribution in [3.63, 3.8) is 0 Å². The van der Waals surface area contributed by atoms with E-state index in [0.29, 0.717) is 17.6 Å². The van der Waals surface area contributed by atoms with Crippen molar-refractivity contribution in [2.45, 2.75) is 51.4 Å². The molecular weight excluding hydrogens is 220 g/mol. The molecule has 0 bridgehead atoms. The molecule has 2 aliphatic rings. The molecule has 0 spiro atoms. The molecule has 18 heavy (non-hydrogen) atoms. The van der Waals surface area contributed by atoms with Gasteiger partial charge < -0.3 is 0 Å². The summed E-state index contributed by atoms with van der Waals surface area (Å²) in [5.74, 6) is 2.25. The lowest BCUT2D eigenvalue weighted by Gasteiger charge is -2.30. The van der Waals surface area contributed by atoms with Gasteiger partial charge in [0, 0.05) is 12.3 Å². The van der Waals surface area contributed by atoms with Crippen LogP contribution in [0, 0.1) is 11.8 Å². The molecule has 1 fully saturated rings. The third-order valence-corrected chi connectivity index (χ3v) is 4.98. The molecular formula is C17H22O. The van der Waals surface area contributed by atoms with E-state index in [1.54, 1.807) is 0 Å². The van der Waals surface area contributed by atoms with E-state index in [0.717, 1.165) is 31.6 Å². The Hall–Kier alpha value is -1.11. The van der Waals surface area contributed by atoms with E-state index < -0.39 is 0 Å². The standard InChI is InChI=1S/C17H22O/c1-2-12-7-8-14(9-12)17(18)11-15-10-13-5-3-4-6-16(13)15/h3-6,12,14-15H,2,7-11H2,1H3. The van der Waals surface area contributed by atoms with Crippen LogP contribution in [0.15, 0.2) is 24.3 Å². The van der Waals surface area contributed by atoms with Crippen LogP contribution in [-0.4, -0.2) is 5.78 Å². The van der Waals surface area contributed by atoms with Crippen LogP contribution in [0.4, 0.5) is 0 Å². The molecule has 1 heteroatoms. The summed E-state index contributed by atoms with van der Waals surface area (Å²) < 4.78 is 0. The van der Waals surface area contributed by atoms with Gasteiger partial charge in [-0.15, -0.1) is 0 Å². The average molecular weight is 242 g/mol. The monoisotopic (exact) mass is 242 g/mol. The van der Waals surface area contributed by atoms with E-state index in [9.17, 15) is 4.79 Å². The number of rotatable bonds is 4. The molecule has 2 aliphatic carbocycles. The normalized spacial score (nSPS) is 29.7. The Morgan fingerprint density at radius 3 is 2.83 bits per heavy atom. The van der Waals surface area contributed by atoms with Crippen LogP contribution in [0.3, 0.4) is 0 Å². The van der Waals surface area contributed by atoms with Gasteiger partial charge in [0.25, 0.3) is 0 Å². The molecule has 1 aromatic carbocycles. The van der Waals surface area contributed by atoms with Gasteiger partial charge in [-0.05, 0) is 48.6 Å². The van der Waals surface area contributed by atoms with Crippen molar-refractivity contribution < 1.29 is 4.79 Å². The van der Waals surface area contributed by atoms with Crippen molar-refractivity contribution in [1.29, 1.82) is 0 Å². The van der Waals surface area contributed by atoms with Crippen LogP contribution >= 0.6 is 0 Å². The third kappa shape index (κ3) is 2.11. The number of hydrogen-bond donors (Lipinski definition) is 0. The molecule has 0 heterocycles. The van der Waals surface area contributed by atoms with Gasteiger partial charge in [-0.2, -0.15) is 0 Å². The maximum atomic E-state index is 12.3. The maximum absolute atomic E-state index is 12.3. The molecule has 0 aromatic heterocycles. The van der Waals surface area contributed by atoms with E-state index >= 15 is 0 Å². The molecule has 0 radical (unpaired) electrons. The van der Waals surface area contributed by atoms with Gasteiger partial charge in [-0.25, -0.2) is 0 Å². The van der Waals surface area contributed by atoms with Gasteiger partial charge in [0.1, 0.15) is 5.78 Å². The number of carbonyl (C=O) groups excluding carboxylic acids is 1. The summed E-state index contributed by atoms with van der Waals surface area (Å²) in [6.45, 7) is 2.25. The maximum Gasteiger partial charge on any atom is 0.136 e. The van der Waals surface area contributed by atoms with Crippen LogP contribution in [0.5, 0.6) is 0 Å². The zero-order valence-electron chi connectivity index (χ0n) is 11.2.